The molecular weight excluding hydrogens is 102 g/mol. The van der Waals surface area contributed by atoms with Crippen LogP contribution >= 0.6 is 0 Å². The fourth-order valence-corrected chi connectivity index (χ4v) is 0.362. The summed E-state index contributed by atoms with van der Waals surface area (Å²) in [6.07, 6.45) is 2.47. The highest BCUT2D eigenvalue weighted by Gasteiger charge is 1.91. The molecule has 0 aromatic carbocycles. The van der Waals surface area contributed by atoms with Crippen molar-refractivity contribution in [2.24, 2.45) is 5.11 Å². The van der Waals surface area contributed by atoms with E-state index in [-0.39, 0.29) is 6.04 Å². The molecule has 0 aromatic heterocycles. The van der Waals surface area contributed by atoms with Crippen molar-refractivity contribution >= 4 is 0 Å². The van der Waals surface area contributed by atoms with E-state index in [4.69, 9.17) is 5.53 Å². The summed E-state index contributed by atoms with van der Waals surface area (Å²) in [7, 11) is 0. The van der Waals surface area contributed by atoms with Crippen molar-refractivity contribution in [1.29, 1.82) is 0 Å². The summed E-state index contributed by atoms with van der Waals surface area (Å²) < 4.78 is 0. The molecule has 0 aromatic rings. The molecule has 0 aliphatic heterocycles. The van der Waals surface area contributed by atoms with Crippen LogP contribution in [0.25, 0.3) is 10.4 Å². The van der Waals surface area contributed by atoms with Crippen molar-refractivity contribution in [2.75, 3.05) is 0 Å². The van der Waals surface area contributed by atoms with E-state index >= 15 is 0 Å². The molecule has 3 heteroatoms. The van der Waals surface area contributed by atoms with Crippen LogP contribution in [-0.4, -0.2) is 6.04 Å². The first-order valence-electron chi connectivity index (χ1n) is 2.52. The van der Waals surface area contributed by atoms with E-state index in [9.17, 15) is 0 Å². The molecule has 0 fully saturated rings. The van der Waals surface area contributed by atoms with Crippen molar-refractivity contribution in [1.82, 2.24) is 0 Å². The summed E-state index contributed by atoms with van der Waals surface area (Å²) in [5.74, 6) is 0. The van der Waals surface area contributed by atoms with Crippen LogP contribution in [0.5, 0.6) is 0 Å². The van der Waals surface area contributed by atoms with E-state index < -0.39 is 0 Å². The van der Waals surface area contributed by atoms with Gasteiger partial charge in [0.05, 0.1) is 6.04 Å². The van der Waals surface area contributed by atoms with E-state index in [1.54, 1.807) is 6.08 Å². The molecule has 0 aliphatic rings. The largest absolute Gasteiger partial charge is 0.103 e. The summed E-state index contributed by atoms with van der Waals surface area (Å²) in [4.78, 5) is 2.63. The van der Waals surface area contributed by atoms with Gasteiger partial charge in [-0.15, -0.1) is 6.58 Å². The van der Waals surface area contributed by atoms with Crippen molar-refractivity contribution in [3.05, 3.63) is 23.1 Å². The van der Waals surface area contributed by atoms with Crippen LogP contribution in [0.3, 0.4) is 0 Å². The smallest absolute Gasteiger partial charge is 0.0549 e. The second-order valence-electron chi connectivity index (χ2n) is 1.42. The van der Waals surface area contributed by atoms with Crippen LogP contribution in [0, 0.1) is 0 Å². The average Bonchev–Trinajstić information content (AvgIpc) is 1.83. The van der Waals surface area contributed by atoms with Gasteiger partial charge in [0.1, 0.15) is 0 Å². The zero-order valence-corrected chi connectivity index (χ0v) is 4.91. The second kappa shape index (κ2) is 4.22. The Morgan fingerprint density at radius 3 is 2.75 bits per heavy atom. The van der Waals surface area contributed by atoms with Gasteiger partial charge in [0.25, 0.3) is 0 Å². The first-order chi connectivity index (χ1) is 3.85. The van der Waals surface area contributed by atoms with Crippen molar-refractivity contribution in [2.45, 2.75) is 19.4 Å². The van der Waals surface area contributed by atoms with E-state index in [0.29, 0.717) is 0 Å². The van der Waals surface area contributed by atoms with Crippen LogP contribution in [0.15, 0.2) is 17.8 Å². The lowest BCUT2D eigenvalue weighted by atomic mass is 10.2. The number of azide groups is 1. The summed E-state index contributed by atoms with van der Waals surface area (Å²) in [5, 5.41) is 3.42. The maximum atomic E-state index is 7.91. The molecule has 0 radical (unpaired) electrons. The van der Waals surface area contributed by atoms with Gasteiger partial charge in [-0.2, -0.15) is 0 Å². The lowest BCUT2D eigenvalue weighted by Crippen LogP contribution is -1.92. The van der Waals surface area contributed by atoms with Gasteiger partial charge in [-0.1, -0.05) is 18.1 Å². The van der Waals surface area contributed by atoms with Gasteiger partial charge in [0.2, 0.25) is 0 Å². The standard InChI is InChI=1S/C5H9N3/c1-3-5(4-2)7-8-6/h3,5H,1,4H2,2H3. The third-order valence-corrected chi connectivity index (χ3v) is 0.890. The van der Waals surface area contributed by atoms with Crippen molar-refractivity contribution < 1.29 is 0 Å². The normalized spacial score (nSPS) is 11.6. The number of hydrogen-bond donors (Lipinski definition) is 0. The Bertz CT molecular complexity index is 113. The predicted octanol–water partition coefficient (Wildman–Crippen LogP) is 2.26. The van der Waals surface area contributed by atoms with Crippen LogP contribution in [0.1, 0.15) is 13.3 Å². The molecule has 0 saturated carbocycles. The Kier molecular flexibility index (Phi) is 3.71. The Hall–Kier alpha value is -0.950. The number of hydrogen-bond acceptors (Lipinski definition) is 1. The zero-order valence-electron chi connectivity index (χ0n) is 4.91. The van der Waals surface area contributed by atoms with Crippen molar-refractivity contribution in [3.63, 3.8) is 0 Å². The van der Waals surface area contributed by atoms with E-state index in [0.717, 1.165) is 6.42 Å². The van der Waals surface area contributed by atoms with Gasteiger partial charge in [0.15, 0.2) is 0 Å². The lowest BCUT2D eigenvalue weighted by molar-refractivity contribution is 0.777. The monoisotopic (exact) mass is 111 g/mol. The highest BCUT2D eigenvalue weighted by Crippen LogP contribution is 1.96. The maximum absolute atomic E-state index is 7.91. The van der Waals surface area contributed by atoms with Crippen molar-refractivity contribution in [3.8, 4) is 0 Å². The fourth-order valence-electron chi connectivity index (χ4n) is 0.362. The molecule has 0 amide bonds. The Morgan fingerprint density at radius 1 is 2.00 bits per heavy atom. The quantitative estimate of drug-likeness (QED) is 0.232. The topological polar surface area (TPSA) is 48.8 Å². The molecule has 0 bridgehead atoms. The zero-order chi connectivity index (χ0) is 6.41. The molecule has 0 aliphatic carbocycles. The minimum atomic E-state index is -0.0278. The van der Waals surface area contributed by atoms with Crippen LogP contribution in [-0.2, 0) is 0 Å². The summed E-state index contributed by atoms with van der Waals surface area (Å²) in [6.45, 7) is 5.43. The third-order valence-electron chi connectivity index (χ3n) is 0.890. The fraction of sp³-hybridized carbons (Fsp3) is 0.600. The van der Waals surface area contributed by atoms with Gasteiger partial charge in [0, 0.05) is 4.91 Å². The lowest BCUT2D eigenvalue weighted by Gasteiger charge is -1.94. The van der Waals surface area contributed by atoms with Gasteiger partial charge in [-0.25, -0.2) is 0 Å². The van der Waals surface area contributed by atoms with Gasteiger partial charge >= 0.3 is 0 Å². The van der Waals surface area contributed by atoms with Crippen LogP contribution < -0.4 is 0 Å². The number of rotatable bonds is 3. The molecule has 3 nitrogen and oxygen atoms in total. The summed E-state index contributed by atoms with van der Waals surface area (Å²) >= 11 is 0. The highest BCUT2D eigenvalue weighted by molar-refractivity contribution is 4.83. The maximum Gasteiger partial charge on any atom is 0.0549 e. The highest BCUT2D eigenvalue weighted by atomic mass is 15.1. The predicted molar refractivity (Wildman–Crippen MR) is 33.4 cm³/mol. The average molecular weight is 111 g/mol. The molecule has 0 saturated heterocycles. The molecule has 0 N–H and O–H groups in total. The third kappa shape index (κ3) is 2.26. The van der Waals surface area contributed by atoms with Crippen LogP contribution in [0.4, 0.5) is 0 Å². The Labute approximate surface area is 48.6 Å². The van der Waals surface area contributed by atoms with Gasteiger partial charge < -0.3 is 0 Å². The molecule has 0 spiro atoms. The second-order valence-corrected chi connectivity index (χ2v) is 1.42. The van der Waals surface area contributed by atoms with E-state index in [1.165, 1.54) is 0 Å². The van der Waals surface area contributed by atoms with Crippen LogP contribution in [0.2, 0.25) is 0 Å². The van der Waals surface area contributed by atoms with E-state index in [2.05, 4.69) is 16.6 Å². The number of nitrogens with zero attached hydrogens (tertiary/aromatic N) is 3. The SMILES string of the molecule is C=CC(CC)N=[N+]=[N-]. The molecule has 0 rings (SSSR count). The minimum absolute atomic E-state index is 0.0278. The minimum Gasteiger partial charge on any atom is -0.103 e. The molecule has 1 unspecified atom stereocenters. The molecular formula is C5H9N3. The summed E-state index contributed by atoms with van der Waals surface area (Å²) in [6, 6.07) is -0.0278. The molecule has 0 heterocycles. The van der Waals surface area contributed by atoms with Gasteiger partial charge in [-0.3, -0.25) is 0 Å². The molecule has 44 valence electrons. The van der Waals surface area contributed by atoms with E-state index in [1.807, 2.05) is 6.92 Å². The Balaban J connectivity index is 3.69. The molecule has 1 atom stereocenters. The summed E-state index contributed by atoms with van der Waals surface area (Å²) in [5.41, 5.74) is 7.91. The van der Waals surface area contributed by atoms with Gasteiger partial charge in [-0.05, 0) is 12.0 Å². The Morgan fingerprint density at radius 2 is 2.62 bits per heavy atom. The first kappa shape index (κ1) is 7.05. The molecule has 8 heavy (non-hydrogen) atoms. The first-order valence-corrected chi connectivity index (χ1v) is 2.52.